The molecule has 59 heavy (non-hydrogen) atoms. The summed E-state index contributed by atoms with van der Waals surface area (Å²) < 4.78 is 28.5. The van der Waals surface area contributed by atoms with Crippen LogP contribution in [0.4, 0.5) is 0 Å². The monoisotopic (exact) mass is 832 g/mol. The van der Waals surface area contributed by atoms with E-state index in [-0.39, 0.29) is 17.5 Å². The Morgan fingerprint density at radius 2 is 1.46 bits per heavy atom. The van der Waals surface area contributed by atoms with Gasteiger partial charge in [-0.05, 0) is 37.3 Å². The second kappa shape index (κ2) is 26.1. The Bertz CT molecular complexity index is 1620. The number of benzene rings is 1. The molecule has 0 saturated carbocycles. The SMILES string of the molecule is CCC/C=C/C=C/C(O)C/C=C/C=C/C(=O)O[C@H]1C(O[C@@H]2O[C@H](COC(=O)/C=C/C=C\CCCCC)[C@H](O)[C@H](O)[C@H]2O)[C@@H](CO)OC(c2c(O)cc(O)cc2CO)[C@@H]1O. The standard InChI is InChI=1S/C43H60O16/c1-3-5-7-9-10-12-16-20-33(49)55-26-32-36(51)37(52)38(53)43(57-32)59-40-31(25-45)56-41(35-27(24-44)22-29(47)23-30(35)48)39(54)42(40)58-34(50)21-17-13-15-19-28(46)18-14-11-8-6-4-2/h8,10-18,20-23,28,31-32,36-48,51-54H,3-7,9,19,24-26H2,1-2H3/b11-8+,12-10-,15-13+,18-14+,20-16+,21-17+/t28?,31-,32-,36+,37+,38-,39+,40?,41?,42-,43+/m1/s1. The minimum absolute atomic E-state index is 0.0647. The Morgan fingerprint density at radius 1 is 0.763 bits per heavy atom. The number of aromatic hydroxyl groups is 2. The quantitative estimate of drug-likeness (QED) is 0.0352. The second-order valence-electron chi connectivity index (χ2n) is 14.1. The number of rotatable bonds is 22. The second-order valence-corrected chi connectivity index (χ2v) is 14.1. The number of hydrogen-bond donors (Lipinski definition) is 9. The van der Waals surface area contributed by atoms with E-state index < -0.39 is 111 Å². The first-order valence-corrected chi connectivity index (χ1v) is 19.9. The summed E-state index contributed by atoms with van der Waals surface area (Å²) in [6.07, 6.45) is 6.81. The van der Waals surface area contributed by atoms with Gasteiger partial charge in [0.25, 0.3) is 0 Å². The topological polar surface area (TPSA) is 262 Å². The van der Waals surface area contributed by atoms with Gasteiger partial charge in [0.1, 0.15) is 66.9 Å². The fourth-order valence-electron chi connectivity index (χ4n) is 6.32. The maximum atomic E-state index is 13.2. The number of carbonyl (C=O) groups is 2. The van der Waals surface area contributed by atoms with Gasteiger partial charge in [-0.1, -0.05) is 93.9 Å². The van der Waals surface area contributed by atoms with Crippen LogP contribution in [-0.4, -0.2) is 132 Å². The lowest BCUT2D eigenvalue weighted by Gasteiger charge is -2.47. The minimum Gasteiger partial charge on any atom is -0.508 e. The van der Waals surface area contributed by atoms with Crippen LogP contribution in [0.3, 0.4) is 0 Å². The first-order valence-electron chi connectivity index (χ1n) is 19.9. The van der Waals surface area contributed by atoms with Gasteiger partial charge >= 0.3 is 11.9 Å². The molecule has 328 valence electrons. The first-order chi connectivity index (χ1) is 28.4. The van der Waals surface area contributed by atoms with E-state index in [9.17, 15) is 55.5 Å². The van der Waals surface area contributed by atoms with Crippen LogP contribution < -0.4 is 0 Å². The number of aliphatic hydroxyl groups excluding tert-OH is 7. The van der Waals surface area contributed by atoms with Gasteiger partial charge in [0.15, 0.2) is 12.4 Å². The molecule has 9 N–H and O–H groups in total. The summed E-state index contributed by atoms with van der Waals surface area (Å²) in [5.74, 6) is -2.83. The molecule has 3 unspecified atom stereocenters. The molecule has 1 aromatic carbocycles. The van der Waals surface area contributed by atoms with E-state index in [1.54, 1.807) is 24.3 Å². The van der Waals surface area contributed by atoms with Gasteiger partial charge in [-0.3, -0.25) is 0 Å². The van der Waals surface area contributed by atoms with Gasteiger partial charge < -0.3 is 69.6 Å². The summed E-state index contributed by atoms with van der Waals surface area (Å²) in [6, 6.07) is 2.04. The normalized spacial score (nSPS) is 28.5. The number of carbonyl (C=O) groups excluding carboxylic acids is 2. The Kier molecular flexibility index (Phi) is 21.8. The smallest absolute Gasteiger partial charge is 0.331 e. The molecule has 2 saturated heterocycles. The van der Waals surface area contributed by atoms with Gasteiger partial charge in [-0.2, -0.15) is 0 Å². The van der Waals surface area contributed by atoms with Crippen molar-refractivity contribution in [2.24, 2.45) is 0 Å². The van der Waals surface area contributed by atoms with Gasteiger partial charge in [0.2, 0.25) is 0 Å². The Balaban J connectivity index is 1.83. The van der Waals surface area contributed by atoms with Crippen molar-refractivity contribution >= 4 is 11.9 Å². The molecule has 2 aliphatic rings. The number of aliphatic hydroxyl groups is 7. The van der Waals surface area contributed by atoms with Crippen LogP contribution >= 0.6 is 0 Å². The van der Waals surface area contributed by atoms with Crippen LogP contribution in [0.25, 0.3) is 0 Å². The minimum atomic E-state index is -1.95. The number of ether oxygens (including phenoxy) is 5. The first kappa shape index (κ1) is 49.2. The molecule has 2 fully saturated rings. The fourth-order valence-corrected chi connectivity index (χ4v) is 6.32. The maximum Gasteiger partial charge on any atom is 0.331 e. The summed E-state index contributed by atoms with van der Waals surface area (Å²) >= 11 is 0. The highest BCUT2D eigenvalue weighted by atomic mass is 16.7. The molecule has 0 amide bonds. The molecule has 0 aliphatic carbocycles. The molecule has 2 heterocycles. The van der Waals surface area contributed by atoms with E-state index in [1.807, 2.05) is 18.2 Å². The Hall–Kier alpha value is -4.20. The summed E-state index contributed by atoms with van der Waals surface area (Å²) in [5.41, 5.74) is -0.261. The Labute approximate surface area is 344 Å². The van der Waals surface area contributed by atoms with Crippen LogP contribution in [-0.2, 0) is 39.9 Å². The van der Waals surface area contributed by atoms with Crippen molar-refractivity contribution < 1.29 is 79.2 Å². The molecule has 11 atom stereocenters. The van der Waals surface area contributed by atoms with Gasteiger partial charge in [-0.15, -0.1) is 0 Å². The molecule has 16 heteroatoms. The van der Waals surface area contributed by atoms with Crippen molar-refractivity contribution in [2.45, 2.75) is 133 Å². The molecule has 0 spiro atoms. The average Bonchev–Trinajstić information content (AvgIpc) is 3.21. The number of phenols is 2. The fraction of sp³-hybridized carbons (Fsp3) is 0.535. The van der Waals surface area contributed by atoms with E-state index in [0.717, 1.165) is 62.8 Å². The molecule has 2 aliphatic heterocycles. The predicted octanol–water partition coefficient (Wildman–Crippen LogP) is 2.50. The molecule has 0 radical (unpaired) electrons. The number of phenolic OH excluding ortho intramolecular Hbond substituents is 2. The average molecular weight is 833 g/mol. The van der Waals surface area contributed by atoms with Gasteiger partial charge in [0.05, 0.1) is 19.3 Å². The summed E-state index contributed by atoms with van der Waals surface area (Å²) in [5, 5.41) is 95.4. The zero-order valence-corrected chi connectivity index (χ0v) is 33.4. The van der Waals surface area contributed by atoms with Crippen molar-refractivity contribution in [3.05, 3.63) is 96.2 Å². The molecule has 0 bridgehead atoms. The van der Waals surface area contributed by atoms with E-state index in [4.69, 9.17) is 23.7 Å². The van der Waals surface area contributed by atoms with Gasteiger partial charge in [-0.25, -0.2) is 9.59 Å². The van der Waals surface area contributed by atoms with Crippen molar-refractivity contribution in [2.75, 3.05) is 13.2 Å². The highest BCUT2D eigenvalue weighted by Crippen LogP contribution is 2.42. The highest BCUT2D eigenvalue weighted by molar-refractivity contribution is 5.82. The third kappa shape index (κ3) is 15.4. The molecular weight excluding hydrogens is 772 g/mol. The lowest BCUT2D eigenvalue weighted by molar-refractivity contribution is -0.343. The van der Waals surface area contributed by atoms with Crippen LogP contribution in [0.2, 0.25) is 0 Å². The largest absolute Gasteiger partial charge is 0.508 e. The summed E-state index contributed by atoms with van der Waals surface area (Å²) in [6.45, 7) is 1.96. The van der Waals surface area contributed by atoms with E-state index in [1.165, 1.54) is 18.2 Å². The molecule has 1 aromatic rings. The molecule has 16 nitrogen and oxygen atoms in total. The Morgan fingerprint density at radius 3 is 2.15 bits per heavy atom. The van der Waals surface area contributed by atoms with Crippen molar-refractivity contribution in [3.63, 3.8) is 0 Å². The lowest BCUT2D eigenvalue weighted by atomic mass is 9.88. The molecule has 0 aromatic heterocycles. The van der Waals surface area contributed by atoms with Crippen LogP contribution in [0.1, 0.15) is 76.0 Å². The lowest BCUT2D eigenvalue weighted by Crippen LogP contribution is -2.64. The van der Waals surface area contributed by atoms with Crippen molar-refractivity contribution in [1.82, 2.24) is 0 Å². The third-order valence-electron chi connectivity index (χ3n) is 9.47. The van der Waals surface area contributed by atoms with Crippen LogP contribution in [0.5, 0.6) is 11.5 Å². The van der Waals surface area contributed by atoms with Crippen molar-refractivity contribution in [1.29, 1.82) is 0 Å². The van der Waals surface area contributed by atoms with E-state index in [0.29, 0.717) is 0 Å². The maximum absolute atomic E-state index is 13.2. The zero-order chi connectivity index (χ0) is 43.3. The van der Waals surface area contributed by atoms with Gasteiger partial charge in [0, 0.05) is 23.8 Å². The van der Waals surface area contributed by atoms with Crippen molar-refractivity contribution in [3.8, 4) is 11.5 Å². The number of esters is 2. The highest BCUT2D eigenvalue weighted by Gasteiger charge is 2.53. The summed E-state index contributed by atoms with van der Waals surface area (Å²) in [4.78, 5) is 25.6. The number of hydrogen-bond acceptors (Lipinski definition) is 16. The number of allylic oxidation sites excluding steroid dienone is 8. The van der Waals surface area contributed by atoms with E-state index in [2.05, 4.69) is 13.8 Å². The third-order valence-corrected chi connectivity index (χ3v) is 9.47. The summed E-state index contributed by atoms with van der Waals surface area (Å²) in [7, 11) is 0. The van der Waals surface area contributed by atoms with Crippen LogP contribution in [0.15, 0.2) is 85.0 Å². The predicted molar refractivity (Wildman–Crippen MR) is 213 cm³/mol. The zero-order valence-electron chi connectivity index (χ0n) is 33.4. The molecular formula is C43H60O16. The molecule has 3 rings (SSSR count). The van der Waals surface area contributed by atoms with Crippen LogP contribution in [0, 0.1) is 0 Å². The number of unbranched alkanes of at least 4 members (excludes halogenated alkanes) is 4. The van der Waals surface area contributed by atoms with E-state index >= 15 is 0 Å².